The molecule has 2 aliphatic rings. The van der Waals surface area contributed by atoms with Crippen molar-refractivity contribution in [2.24, 2.45) is 0 Å². The van der Waals surface area contributed by atoms with E-state index in [1.54, 1.807) is 16.2 Å². The van der Waals surface area contributed by atoms with Crippen LogP contribution in [0.1, 0.15) is 73.3 Å². The molecule has 3 heterocycles. The van der Waals surface area contributed by atoms with Gasteiger partial charge in [-0.1, -0.05) is 62.4 Å². The number of amides is 2. The van der Waals surface area contributed by atoms with Gasteiger partial charge >= 0.3 is 0 Å². The third kappa shape index (κ3) is 4.16. The Balaban J connectivity index is 1.54. The van der Waals surface area contributed by atoms with Gasteiger partial charge in [-0.2, -0.15) is 0 Å². The van der Waals surface area contributed by atoms with Gasteiger partial charge in [-0.05, 0) is 49.9 Å². The van der Waals surface area contributed by atoms with E-state index in [0.29, 0.717) is 23.8 Å². The maximum Gasteiger partial charge on any atom is 0.271 e. The summed E-state index contributed by atoms with van der Waals surface area (Å²) in [6, 6.07) is 11.9. The van der Waals surface area contributed by atoms with Crippen LogP contribution in [0.4, 0.5) is 0 Å². The summed E-state index contributed by atoms with van der Waals surface area (Å²) in [7, 11) is 0. The maximum atomic E-state index is 13.9. The number of carbonyl (C=O) groups is 2. The van der Waals surface area contributed by atoms with Crippen LogP contribution in [-0.4, -0.2) is 32.9 Å². The molecular weight excluding hydrogens is 466 g/mol. The van der Waals surface area contributed by atoms with Crippen LogP contribution in [0.15, 0.2) is 36.4 Å². The van der Waals surface area contributed by atoms with Gasteiger partial charge in [0, 0.05) is 22.5 Å². The fourth-order valence-electron chi connectivity index (χ4n) is 5.37. The van der Waals surface area contributed by atoms with Crippen molar-refractivity contribution in [2.45, 2.75) is 83.5 Å². The Bertz CT molecular complexity index is 1220. The minimum absolute atomic E-state index is 0.0711. The van der Waals surface area contributed by atoms with Crippen molar-refractivity contribution in [3.8, 4) is 0 Å². The Morgan fingerprint density at radius 1 is 1.18 bits per heavy atom. The number of nitrogens with one attached hydrogen (secondary N) is 1. The molecule has 0 bridgehead atoms. The van der Waals surface area contributed by atoms with E-state index in [9.17, 15) is 9.59 Å². The molecule has 0 unspecified atom stereocenters. The van der Waals surface area contributed by atoms with E-state index >= 15 is 0 Å². The lowest BCUT2D eigenvalue weighted by atomic mass is 9.93. The molecule has 5 rings (SSSR count). The van der Waals surface area contributed by atoms with Gasteiger partial charge in [0.2, 0.25) is 5.91 Å². The second-order valence-electron chi connectivity index (χ2n) is 9.85. The summed E-state index contributed by atoms with van der Waals surface area (Å²) in [5.74, 6) is -0.190. The molecule has 1 fully saturated rings. The van der Waals surface area contributed by atoms with Gasteiger partial charge in [-0.15, -0.1) is 11.3 Å². The van der Waals surface area contributed by atoms with Crippen molar-refractivity contribution in [3.05, 3.63) is 57.6 Å². The fraction of sp³-hybridized carbons (Fsp3) is 0.481. The summed E-state index contributed by atoms with van der Waals surface area (Å²) in [5, 5.41) is 3.94. The highest BCUT2D eigenvalue weighted by Crippen LogP contribution is 2.37. The molecule has 1 aliphatic heterocycles. The number of hydrogen-bond acceptors (Lipinski definition) is 3. The summed E-state index contributed by atoms with van der Waals surface area (Å²) in [4.78, 5) is 30.8. The highest BCUT2D eigenvalue weighted by atomic mass is 35.5. The SMILES string of the molecule is CCc1cc2c(cc3n2C[C@@](C)(C(=O)NC2CCCCCC2)N(Cc2ccccc2Cl)C3=O)s1. The molecular formula is C27H32ClN3O2S. The average Bonchev–Trinajstić information content (AvgIpc) is 3.26. The van der Waals surface area contributed by atoms with Crippen LogP contribution < -0.4 is 5.32 Å². The molecule has 2 aromatic heterocycles. The predicted molar refractivity (Wildman–Crippen MR) is 139 cm³/mol. The van der Waals surface area contributed by atoms with Crippen LogP contribution >= 0.6 is 22.9 Å². The largest absolute Gasteiger partial charge is 0.351 e. The number of hydrogen-bond donors (Lipinski definition) is 1. The van der Waals surface area contributed by atoms with Crippen LogP contribution in [0, 0.1) is 0 Å². The molecule has 0 saturated heterocycles. The van der Waals surface area contributed by atoms with Gasteiger partial charge < -0.3 is 14.8 Å². The maximum absolute atomic E-state index is 13.9. The first kappa shape index (κ1) is 23.4. The average molecular weight is 498 g/mol. The van der Waals surface area contributed by atoms with Crippen LogP contribution in [0.3, 0.4) is 0 Å². The Kier molecular flexibility index (Phi) is 6.47. The number of thiophene rings is 1. The number of rotatable bonds is 5. The van der Waals surface area contributed by atoms with E-state index in [4.69, 9.17) is 11.6 Å². The minimum atomic E-state index is -1.02. The van der Waals surface area contributed by atoms with Crippen LogP contribution in [0.5, 0.6) is 0 Å². The Morgan fingerprint density at radius 3 is 2.62 bits per heavy atom. The lowest BCUT2D eigenvalue weighted by Crippen LogP contribution is -2.64. The normalized spacial score (nSPS) is 21.5. The van der Waals surface area contributed by atoms with Gasteiger partial charge in [0.05, 0.1) is 16.8 Å². The minimum Gasteiger partial charge on any atom is -0.351 e. The second-order valence-corrected chi connectivity index (χ2v) is 11.4. The van der Waals surface area contributed by atoms with Crippen molar-refractivity contribution in [2.75, 3.05) is 0 Å². The Morgan fingerprint density at radius 2 is 1.91 bits per heavy atom. The molecule has 2 amide bonds. The molecule has 0 radical (unpaired) electrons. The third-order valence-electron chi connectivity index (χ3n) is 7.48. The quantitative estimate of drug-likeness (QED) is 0.428. The van der Waals surface area contributed by atoms with Gasteiger partial charge in [0.25, 0.3) is 5.91 Å². The molecule has 1 atom stereocenters. The molecule has 0 spiro atoms. The first-order valence-corrected chi connectivity index (χ1v) is 13.6. The molecule has 7 heteroatoms. The van der Waals surface area contributed by atoms with E-state index in [2.05, 4.69) is 22.9 Å². The van der Waals surface area contributed by atoms with E-state index in [1.807, 2.05) is 37.3 Å². The molecule has 5 nitrogen and oxygen atoms in total. The second kappa shape index (κ2) is 9.38. The first-order chi connectivity index (χ1) is 16.4. The van der Waals surface area contributed by atoms with Crippen molar-refractivity contribution in [1.29, 1.82) is 0 Å². The molecule has 1 aliphatic carbocycles. The molecule has 1 aromatic carbocycles. The summed E-state index contributed by atoms with van der Waals surface area (Å²) in [5.41, 5.74) is 1.53. The zero-order valence-electron chi connectivity index (χ0n) is 19.9. The standard InChI is InChI=1S/C27H32ClN3O2S/c1-3-20-14-22-24(34-20)15-23-25(32)31(16-18-10-8-9-13-21(18)28)27(2,17-30(22)23)26(33)29-19-11-6-4-5-7-12-19/h8-10,13-15,19H,3-7,11-12,16-17H2,1-2H3,(H,29,33)/t27-/m0/s1. The number of carbonyl (C=O) groups excluding carboxylic acids is 2. The van der Waals surface area contributed by atoms with Gasteiger partial charge in [0.15, 0.2) is 0 Å². The van der Waals surface area contributed by atoms with E-state index < -0.39 is 5.54 Å². The smallest absolute Gasteiger partial charge is 0.271 e. The number of benzene rings is 1. The van der Waals surface area contributed by atoms with Gasteiger partial charge in [0.1, 0.15) is 11.2 Å². The lowest BCUT2D eigenvalue weighted by Gasteiger charge is -2.44. The van der Waals surface area contributed by atoms with Crippen molar-refractivity contribution in [1.82, 2.24) is 14.8 Å². The number of nitrogens with zero attached hydrogens (tertiary/aromatic N) is 2. The van der Waals surface area contributed by atoms with Crippen molar-refractivity contribution < 1.29 is 9.59 Å². The predicted octanol–water partition coefficient (Wildman–Crippen LogP) is 6.17. The van der Waals surface area contributed by atoms with Crippen molar-refractivity contribution >= 4 is 45.0 Å². The van der Waals surface area contributed by atoms with Crippen LogP contribution in [-0.2, 0) is 24.3 Å². The highest BCUT2D eigenvalue weighted by molar-refractivity contribution is 7.19. The van der Waals surface area contributed by atoms with Gasteiger partial charge in [-0.3, -0.25) is 9.59 Å². The third-order valence-corrected chi connectivity index (χ3v) is 9.07. The number of fused-ring (bicyclic) bond motifs is 3. The van der Waals surface area contributed by atoms with E-state index in [-0.39, 0.29) is 17.9 Å². The van der Waals surface area contributed by atoms with Gasteiger partial charge in [-0.25, -0.2) is 0 Å². The zero-order chi connectivity index (χ0) is 23.9. The monoisotopic (exact) mass is 497 g/mol. The van der Waals surface area contributed by atoms with E-state index in [0.717, 1.165) is 47.9 Å². The molecule has 1 N–H and O–H groups in total. The Labute approximate surface area is 210 Å². The van der Waals surface area contributed by atoms with Crippen LogP contribution in [0.2, 0.25) is 5.02 Å². The first-order valence-electron chi connectivity index (χ1n) is 12.4. The molecule has 3 aromatic rings. The van der Waals surface area contributed by atoms with E-state index in [1.165, 1.54) is 17.7 Å². The number of aromatic nitrogens is 1. The van der Waals surface area contributed by atoms with Crippen molar-refractivity contribution in [3.63, 3.8) is 0 Å². The molecule has 1 saturated carbocycles. The summed E-state index contributed by atoms with van der Waals surface area (Å²) in [6.45, 7) is 4.78. The Hall–Kier alpha value is -2.31. The zero-order valence-corrected chi connectivity index (χ0v) is 21.5. The van der Waals surface area contributed by atoms with Crippen LogP contribution in [0.25, 0.3) is 10.2 Å². The highest BCUT2D eigenvalue weighted by Gasteiger charge is 2.48. The summed E-state index contributed by atoms with van der Waals surface area (Å²) >= 11 is 8.20. The molecule has 180 valence electrons. The molecule has 34 heavy (non-hydrogen) atoms. The number of aryl methyl sites for hydroxylation is 1. The summed E-state index contributed by atoms with van der Waals surface area (Å²) < 4.78 is 3.16. The lowest BCUT2D eigenvalue weighted by molar-refractivity contribution is -0.134. The summed E-state index contributed by atoms with van der Waals surface area (Å²) in [6.07, 6.45) is 7.70. The fourth-order valence-corrected chi connectivity index (χ4v) is 6.61. The topological polar surface area (TPSA) is 54.3 Å². The number of halogens is 1.